The highest BCUT2D eigenvalue weighted by Gasteiger charge is 2.45. The highest BCUT2D eigenvalue weighted by atomic mass is 16.5. The van der Waals surface area contributed by atoms with Crippen molar-refractivity contribution in [3.05, 3.63) is 71.9 Å². The van der Waals surface area contributed by atoms with Gasteiger partial charge in [0.2, 0.25) is 0 Å². The Balaban J connectivity index is 1.43. The van der Waals surface area contributed by atoms with Crippen LogP contribution >= 0.6 is 0 Å². The molecule has 2 unspecified atom stereocenters. The summed E-state index contributed by atoms with van der Waals surface area (Å²) in [7, 11) is 0. The fourth-order valence-corrected chi connectivity index (χ4v) is 3.35. The lowest BCUT2D eigenvalue weighted by atomic mass is 9.86. The molecule has 3 aromatic rings. The van der Waals surface area contributed by atoms with E-state index in [2.05, 4.69) is 50.0 Å². The SMILES string of the molecule is CC(C)(C)c1ccc(C2CC2C(=O)Oc2cnc3ccccc3c2)cc1. The molecule has 1 fully saturated rings. The number of pyridine rings is 1. The van der Waals surface area contributed by atoms with Gasteiger partial charge >= 0.3 is 5.97 Å². The molecule has 132 valence electrons. The third-order valence-corrected chi connectivity index (χ3v) is 5.08. The van der Waals surface area contributed by atoms with Gasteiger partial charge in [0.25, 0.3) is 0 Å². The molecule has 3 nitrogen and oxygen atoms in total. The molecule has 3 heteroatoms. The van der Waals surface area contributed by atoms with Gasteiger partial charge in [-0.2, -0.15) is 0 Å². The number of nitrogens with zero attached hydrogens (tertiary/aromatic N) is 1. The molecule has 0 bridgehead atoms. The van der Waals surface area contributed by atoms with Gasteiger partial charge in [0.1, 0.15) is 5.75 Å². The summed E-state index contributed by atoms with van der Waals surface area (Å²) < 4.78 is 5.57. The first kappa shape index (κ1) is 16.8. The molecule has 0 aliphatic heterocycles. The van der Waals surface area contributed by atoms with Crippen molar-refractivity contribution in [3.8, 4) is 5.75 Å². The fraction of sp³-hybridized carbons (Fsp3) is 0.304. The number of ether oxygens (including phenoxy) is 1. The molecule has 4 rings (SSSR count). The highest BCUT2D eigenvalue weighted by molar-refractivity contribution is 5.83. The quantitative estimate of drug-likeness (QED) is 0.609. The molecular weight excluding hydrogens is 322 g/mol. The number of para-hydroxylation sites is 1. The highest BCUT2D eigenvalue weighted by Crippen LogP contribution is 2.48. The van der Waals surface area contributed by atoms with E-state index in [4.69, 9.17) is 4.74 Å². The first-order valence-electron chi connectivity index (χ1n) is 9.09. The molecule has 0 radical (unpaired) electrons. The summed E-state index contributed by atoms with van der Waals surface area (Å²) in [5.41, 5.74) is 3.57. The molecule has 2 atom stereocenters. The Kier molecular flexibility index (Phi) is 4.03. The number of hydrogen-bond donors (Lipinski definition) is 0. The van der Waals surface area contributed by atoms with Crippen molar-refractivity contribution in [1.82, 2.24) is 4.98 Å². The van der Waals surface area contributed by atoms with Crippen LogP contribution in [-0.4, -0.2) is 11.0 Å². The average Bonchev–Trinajstić information content (AvgIpc) is 3.42. The van der Waals surface area contributed by atoms with E-state index < -0.39 is 0 Å². The van der Waals surface area contributed by atoms with Crippen LogP contribution in [-0.2, 0) is 10.2 Å². The lowest BCUT2D eigenvalue weighted by Crippen LogP contribution is -2.12. The van der Waals surface area contributed by atoms with E-state index in [0.29, 0.717) is 5.75 Å². The summed E-state index contributed by atoms with van der Waals surface area (Å²) in [5, 5.41) is 0.975. The minimum Gasteiger partial charge on any atom is -0.425 e. The zero-order chi connectivity index (χ0) is 18.3. The smallest absolute Gasteiger partial charge is 0.315 e. The second-order valence-electron chi connectivity index (χ2n) is 8.11. The summed E-state index contributed by atoms with van der Waals surface area (Å²) in [5.74, 6) is 0.571. The topological polar surface area (TPSA) is 39.2 Å². The molecule has 1 saturated carbocycles. The Morgan fingerprint density at radius 1 is 1.08 bits per heavy atom. The standard InChI is InChI=1S/C23H23NO2/c1-23(2,3)17-10-8-15(9-11-17)19-13-20(19)22(25)26-18-12-16-6-4-5-7-21(16)24-14-18/h4-12,14,19-20H,13H2,1-3H3. The predicted molar refractivity (Wildman–Crippen MR) is 103 cm³/mol. The molecule has 2 aromatic carbocycles. The largest absolute Gasteiger partial charge is 0.425 e. The second-order valence-corrected chi connectivity index (χ2v) is 8.11. The molecule has 1 aliphatic rings. The number of benzene rings is 2. The number of rotatable bonds is 3. The number of esters is 1. The van der Waals surface area contributed by atoms with Crippen molar-refractivity contribution in [2.45, 2.75) is 38.5 Å². The van der Waals surface area contributed by atoms with E-state index in [0.717, 1.165) is 17.3 Å². The maximum absolute atomic E-state index is 12.5. The summed E-state index contributed by atoms with van der Waals surface area (Å²) in [6, 6.07) is 18.3. The summed E-state index contributed by atoms with van der Waals surface area (Å²) in [6.07, 6.45) is 2.48. The number of hydrogen-bond acceptors (Lipinski definition) is 3. The van der Waals surface area contributed by atoms with E-state index in [-0.39, 0.29) is 23.2 Å². The normalized spacial score (nSPS) is 19.3. The molecule has 1 aromatic heterocycles. The third kappa shape index (κ3) is 3.34. The van der Waals surface area contributed by atoms with E-state index in [1.807, 2.05) is 30.3 Å². The number of carbonyl (C=O) groups is 1. The van der Waals surface area contributed by atoms with Crippen molar-refractivity contribution in [2.75, 3.05) is 0 Å². The Bertz CT molecular complexity index is 954. The Labute approximate surface area is 154 Å². The van der Waals surface area contributed by atoms with Crippen molar-refractivity contribution >= 4 is 16.9 Å². The van der Waals surface area contributed by atoms with Crippen molar-refractivity contribution < 1.29 is 9.53 Å². The van der Waals surface area contributed by atoms with Crippen LogP contribution < -0.4 is 4.74 Å². The van der Waals surface area contributed by atoms with Gasteiger partial charge in [-0.25, -0.2) is 0 Å². The van der Waals surface area contributed by atoms with Gasteiger partial charge in [-0.1, -0.05) is 63.2 Å². The molecule has 26 heavy (non-hydrogen) atoms. The third-order valence-electron chi connectivity index (χ3n) is 5.08. The first-order valence-corrected chi connectivity index (χ1v) is 9.09. The van der Waals surface area contributed by atoms with E-state index in [9.17, 15) is 4.79 Å². The Morgan fingerprint density at radius 3 is 2.54 bits per heavy atom. The van der Waals surface area contributed by atoms with E-state index in [1.54, 1.807) is 6.20 Å². The van der Waals surface area contributed by atoms with Crippen molar-refractivity contribution in [1.29, 1.82) is 0 Å². The minimum absolute atomic E-state index is 0.0537. The van der Waals surface area contributed by atoms with Crippen LogP contribution in [0.3, 0.4) is 0 Å². The first-order chi connectivity index (χ1) is 12.4. The van der Waals surface area contributed by atoms with Gasteiger partial charge in [-0.05, 0) is 41.0 Å². The summed E-state index contributed by atoms with van der Waals surface area (Å²) >= 11 is 0. The minimum atomic E-state index is -0.160. The molecule has 0 saturated heterocycles. The van der Waals surface area contributed by atoms with E-state index in [1.165, 1.54) is 11.1 Å². The predicted octanol–water partition coefficient (Wildman–Crippen LogP) is 5.24. The van der Waals surface area contributed by atoms with Crippen LogP contribution in [0.15, 0.2) is 60.8 Å². The second kappa shape index (κ2) is 6.24. The average molecular weight is 345 g/mol. The van der Waals surface area contributed by atoms with Crippen LogP contribution in [0.1, 0.15) is 44.2 Å². The number of fused-ring (bicyclic) bond motifs is 1. The lowest BCUT2D eigenvalue weighted by Gasteiger charge is -2.19. The molecule has 1 heterocycles. The van der Waals surface area contributed by atoms with Crippen LogP contribution in [0.25, 0.3) is 10.9 Å². The zero-order valence-electron chi connectivity index (χ0n) is 15.4. The summed E-state index contributed by atoms with van der Waals surface area (Å²) in [6.45, 7) is 6.62. The van der Waals surface area contributed by atoms with Crippen LogP contribution in [0, 0.1) is 5.92 Å². The molecule has 0 amide bonds. The van der Waals surface area contributed by atoms with Gasteiger partial charge in [0, 0.05) is 5.39 Å². The fourth-order valence-electron chi connectivity index (χ4n) is 3.35. The van der Waals surface area contributed by atoms with Crippen LogP contribution in [0.2, 0.25) is 0 Å². The van der Waals surface area contributed by atoms with Crippen LogP contribution in [0.5, 0.6) is 5.75 Å². The number of aromatic nitrogens is 1. The van der Waals surface area contributed by atoms with Gasteiger partial charge in [0.05, 0.1) is 17.6 Å². The van der Waals surface area contributed by atoms with E-state index >= 15 is 0 Å². The van der Waals surface area contributed by atoms with Crippen LogP contribution in [0.4, 0.5) is 0 Å². The lowest BCUT2D eigenvalue weighted by molar-refractivity contribution is -0.135. The maximum atomic E-state index is 12.5. The summed E-state index contributed by atoms with van der Waals surface area (Å²) in [4.78, 5) is 16.8. The molecule has 0 spiro atoms. The maximum Gasteiger partial charge on any atom is 0.315 e. The van der Waals surface area contributed by atoms with Gasteiger partial charge in [-0.3, -0.25) is 9.78 Å². The number of carbonyl (C=O) groups excluding carboxylic acids is 1. The van der Waals surface area contributed by atoms with Crippen molar-refractivity contribution in [2.24, 2.45) is 5.92 Å². The molecule has 0 N–H and O–H groups in total. The van der Waals surface area contributed by atoms with Gasteiger partial charge in [-0.15, -0.1) is 0 Å². The zero-order valence-corrected chi connectivity index (χ0v) is 15.4. The molecule has 1 aliphatic carbocycles. The Hall–Kier alpha value is -2.68. The Morgan fingerprint density at radius 2 is 1.81 bits per heavy atom. The molecular formula is C23H23NO2. The van der Waals surface area contributed by atoms with Gasteiger partial charge < -0.3 is 4.74 Å². The monoisotopic (exact) mass is 345 g/mol. The van der Waals surface area contributed by atoms with Crippen molar-refractivity contribution in [3.63, 3.8) is 0 Å². The van der Waals surface area contributed by atoms with Gasteiger partial charge in [0.15, 0.2) is 0 Å².